The first-order valence-electron chi connectivity index (χ1n) is 9.38. The minimum atomic E-state index is -4.66. The Kier molecular flexibility index (Phi) is 6.50. The van der Waals surface area contributed by atoms with Gasteiger partial charge in [0.2, 0.25) is 0 Å². The standard InChI is InChI=1S/C21H22F3NO5/c1-28-18-6-5-13(17-11-30-25-19(17)21(22,23)24)9-16(18)15(10-26)8-12-3-4-14(7-12)20(27)29-2/h5-6,8-9,11-12,14,26H,3-4,7,10H2,1-2H3/b15-8+/t12-,14+/m1/s1. The fourth-order valence-corrected chi connectivity index (χ4v) is 3.83. The molecule has 1 fully saturated rings. The van der Waals surface area contributed by atoms with Crippen LogP contribution in [0.3, 0.4) is 0 Å². The average molecular weight is 425 g/mol. The van der Waals surface area contributed by atoms with E-state index in [-0.39, 0.29) is 35.5 Å². The maximum Gasteiger partial charge on any atom is 0.437 e. The molecular weight excluding hydrogens is 403 g/mol. The number of benzene rings is 1. The summed E-state index contributed by atoms with van der Waals surface area (Å²) in [4.78, 5) is 11.8. The monoisotopic (exact) mass is 425 g/mol. The summed E-state index contributed by atoms with van der Waals surface area (Å²) in [6.07, 6.45) is 0.138. The highest BCUT2D eigenvalue weighted by molar-refractivity contribution is 5.78. The van der Waals surface area contributed by atoms with E-state index in [1.165, 1.54) is 32.4 Å². The number of hydrogen-bond acceptors (Lipinski definition) is 6. The quantitative estimate of drug-likeness (QED) is 0.694. The lowest BCUT2D eigenvalue weighted by atomic mass is 9.94. The SMILES string of the molecule is COC(=O)[C@H]1CC[C@@H](/C=C(\CO)c2cc(-c3conc3C(F)(F)F)ccc2OC)C1. The Morgan fingerprint density at radius 3 is 2.73 bits per heavy atom. The Morgan fingerprint density at radius 2 is 2.10 bits per heavy atom. The molecule has 0 bridgehead atoms. The van der Waals surface area contributed by atoms with E-state index in [0.29, 0.717) is 29.7 Å². The van der Waals surface area contributed by atoms with E-state index in [4.69, 9.17) is 9.47 Å². The molecule has 0 radical (unpaired) electrons. The average Bonchev–Trinajstić information content (AvgIpc) is 3.40. The van der Waals surface area contributed by atoms with Crippen LogP contribution in [-0.4, -0.2) is 37.1 Å². The van der Waals surface area contributed by atoms with E-state index in [0.717, 1.165) is 12.7 Å². The van der Waals surface area contributed by atoms with Gasteiger partial charge in [0.25, 0.3) is 0 Å². The number of rotatable bonds is 6. The summed E-state index contributed by atoms with van der Waals surface area (Å²) in [5.74, 6) is -0.0172. The van der Waals surface area contributed by atoms with Crippen molar-refractivity contribution in [3.05, 3.63) is 41.8 Å². The van der Waals surface area contributed by atoms with Gasteiger partial charge in [0.1, 0.15) is 12.0 Å². The molecule has 1 aromatic carbocycles. The second-order valence-corrected chi connectivity index (χ2v) is 7.13. The van der Waals surface area contributed by atoms with Crippen LogP contribution in [-0.2, 0) is 15.7 Å². The molecule has 0 unspecified atom stereocenters. The van der Waals surface area contributed by atoms with Crippen LogP contribution >= 0.6 is 0 Å². The molecule has 6 nitrogen and oxygen atoms in total. The molecule has 1 saturated carbocycles. The Labute approximate surface area is 171 Å². The lowest BCUT2D eigenvalue weighted by molar-refractivity contribution is -0.145. The second-order valence-electron chi connectivity index (χ2n) is 7.13. The number of alkyl halides is 3. The predicted octanol–water partition coefficient (Wildman–Crippen LogP) is 4.33. The molecule has 0 saturated heterocycles. The van der Waals surface area contributed by atoms with Crippen molar-refractivity contribution in [3.63, 3.8) is 0 Å². The number of aliphatic hydroxyl groups is 1. The highest BCUT2D eigenvalue weighted by atomic mass is 19.4. The number of carbonyl (C=O) groups is 1. The molecule has 2 aromatic rings. The first-order chi connectivity index (χ1) is 14.3. The van der Waals surface area contributed by atoms with Gasteiger partial charge >= 0.3 is 12.1 Å². The van der Waals surface area contributed by atoms with Crippen molar-refractivity contribution in [2.75, 3.05) is 20.8 Å². The number of carbonyl (C=O) groups excluding carboxylic acids is 1. The molecule has 2 atom stereocenters. The maximum atomic E-state index is 13.2. The lowest BCUT2D eigenvalue weighted by Gasteiger charge is -2.15. The zero-order valence-corrected chi connectivity index (χ0v) is 16.5. The van der Waals surface area contributed by atoms with E-state index >= 15 is 0 Å². The van der Waals surface area contributed by atoms with Crippen molar-refractivity contribution in [2.45, 2.75) is 25.4 Å². The summed E-state index contributed by atoms with van der Waals surface area (Å²) in [5, 5.41) is 13.0. The highest BCUT2D eigenvalue weighted by Crippen LogP contribution is 2.40. The van der Waals surface area contributed by atoms with Crippen LogP contribution < -0.4 is 4.74 Å². The number of allylic oxidation sites excluding steroid dienone is 1. The zero-order chi connectivity index (χ0) is 21.9. The fourth-order valence-electron chi connectivity index (χ4n) is 3.83. The zero-order valence-electron chi connectivity index (χ0n) is 16.5. The number of halogens is 3. The molecule has 0 amide bonds. The normalized spacial score (nSPS) is 19.7. The second kappa shape index (κ2) is 8.91. The first-order valence-corrected chi connectivity index (χ1v) is 9.38. The van der Waals surface area contributed by atoms with Gasteiger partial charge in [-0.1, -0.05) is 17.3 Å². The van der Waals surface area contributed by atoms with Gasteiger partial charge in [0.15, 0.2) is 5.69 Å². The van der Waals surface area contributed by atoms with Crippen LogP contribution in [0.2, 0.25) is 0 Å². The van der Waals surface area contributed by atoms with E-state index in [2.05, 4.69) is 9.68 Å². The number of hydrogen-bond donors (Lipinski definition) is 1. The number of nitrogens with zero attached hydrogens (tertiary/aromatic N) is 1. The number of esters is 1. The van der Waals surface area contributed by atoms with Crippen LogP contribution in [0.5, 0.6) is 5.75 Å². The fraction of sp³-hybridized carbons (Fsp3) is 0.429. The van der Waals surface area contributed by atoms with Crippen molar-refractivity contribution in [1.29, 1.82) is 0 Å². The van der Waals surface area contributed by atoms with Gasteiger partial charge < -0.3 is 19.1 Å². The van der Waals surface area contributed by atoms with E-state index in [9.17, 15) is 23.1 Å². The summed E-state index contributed by atoms with van der Waals surface area (Å²) in [6, 6.07) is 4.52. The number of methoxy groups -OCH3 is 2. The molecule has 1 heterocycles. The van der Waals surface area contributed by atoms with Gasteiger partial charge in [-0.3, -0.25) is 4.79 Å². The number of aromatic nitrogens is 1. The van der Waals surface area contributed by atoms with Crippen LogP contribution in [0.1, 0.15) is 30.5 Å². The summed E-state index contributed by atoms with van der Waals surface area (Å²) in [6.45, 7) is -0.338. The van der Waals surface area contributed by atoms with Crippen molar-refractivity contribution in [3.8, 4) is 16.9 Å². The van der Waals surface area contributed by atoms with Crippen molar-refractivity contribution >= 4 is 11.5 Å². The molecule has 1 aliphatic rings. The van der Waals surface area contributed by atoms with Crippen LogP contribution in [0.25, 0.3) is 16.7 Å². The van der Waals surface area contributed by atoms with Gasteiger partial charge in [0, 0.05) is 5.56 Å². The number of aliphatic hydroxyl groups excluding tert-OH is 1. The Balaban J connectivity index is 1.97. The first kappa shape index (κ1) is 21.9. The molecule has 30 heavy (non-hydrogen) atoms. The van der Waals surface area contributed by atoms with Crippen molar-refractivity contribution in [2.24, 2.45) is 11.8 Å². The minimum absolute atomic E-state index is 0.0333. The van der Waals surface area contributed by atoms with Crippen molar-refractivity contribution < 1.29 is 37.1 Å². The van der Waals surface area contributed by atoms with E-state index in [1.54, 1.807) is 0 Å². The van der Waals surface area contributed by atoms with Crippen LogP contribution in [0, 0.1) is 11.8 Å². The van der Waals surface area contributed by atoms with Gasteiger partial charge in [-0.05, 0) is 48.4 Å². The molecule has 1 N–H and O–H groups in total. The largest absolute Gasteiger partial charge is 0.496 e. The Hall–Kier alpha value is -2.81. The van der Waals surface area contributed by atoms with Gasteiger partial charge in [-0.15, -0.1) is 0 Å². The molecule has 162 valence electrons. The summed E-state index contributed by atoms with van der Waals surface area (Å²) < 4.78 is 54.3. The van der Waals surface area contributed by atoms with Gasteiger partial charge in [-0.25, -0.2) is 0 Å². The van der Waals surface area contributed by atoms with Gasteiger partial charge in [-0.2, -0.15) is 13.2 Å². The third kappa shape index (κ3) is 4.51. The molecule has 0 aliphatic heterocycles. The van der Waals surface area contributed by atoms with E-state index < -0.39 is 11.9 Å². The summed E-state index contributed by atoms with van der Waals surface area (Å²) in [5.41, 5.74) is -0.111. The molecule has 3 rings (SSSR count). The van der Waals surface area contributed by atoms with Crippen LogP contribution in [0.15, 0.2) is 35.1 Å². The third-order valence-corrected chi connectivity index (χ3v) is 5.31. The van der Waals surface area contributed by atoms with Crippen LogP contribution in [0.4, 0.5) is 13.2 Å². The Morgan fingerprint density at radius 1 is 1.33 bits per heavy atom. The topological polar surface area (TPSA) is 81.8 Å². The highest BCUT2D eigenvalue weighted by Gasteiger charge is 2.38. The summed E-state index contributed by atoms with van der Waals surface area (Å²) >= 11 is 0. The molecular formula is C21H22F3NO5. The van der Waals surface area contributed by atoms with Gasteiger partial charge in [0.05, 0.1) is 32.3 Å². The number of ether oxygens (including phenoxy) is 2. The summed E-state index contributed by atoms with van der Waals surface area (Å²) in [7, 11) is 2.79. The molecule has 0 spiro atoms. The Bertz CT molecular complexity index is 935. The maximum absolute atomic E-state index is 13.2. The molecule has 9 heteroatoms. The molecule has 1 aliphatic carbocycles. The van der Waals surface area contributed by atoms with E-state index in [1.807, 2.05) is 6.08 Å². The minimum Gasteiger partial charge on any atom is -0.496 e. The lowest BCUT2D eigenvalue weighted by Crippen LogP contribution is -2.12. The predicted molar refractivity (Wildman–Crippen MR) is 101 cm³/mol. The third-order valence-electron chi connectivity index (χ3n) is 5.31. The smallest absolute Gasteiger partial charge is 0.437 e. The van der Waals surface area contributed by atoms with Crippen molar-refractivity contribution in [1.82, 2.24) is 5.16 Å². The molecule has 1 aromatic heterocycles.